The number of aliphatic hydroxyl groups excluding tert-OH is 1. The van der Waals surface area contributed by atoms with E-state index in [-0.39, 0.29) is 22.6 Å². The maximum absolute atomic E-state index is 12.8. The molecule has 0 aliphatic rings. The summed E-state index contributed by atoms with van der Waals surface area (Å²) in [6.45, 7) is 1.30. The van der Waals surface area contributed by atoms with Crippen molar-refractivity contribution in [1.82, 2.24) is 15.6 Å². The molecule has 0 heterocycles. The number of carbonyl (C=O) groups excluding carboxylic acids is 2. The Kier molecular flexibility index (Phi) is 6.61. The largest absolute Gasteiger partial charge is 0.392 e. The van der Waals surface area contributed by atoms with Crippen LogP contribution < -0.4 is 15.6 Å². The van der Waals surface area contributed by atoms with Crippen LogP contribution in [-0.2, 0) is 10.0 Å². The van der Waals surface area contributed by atoms with Crippen molar-refractivity contribution in [3.8, 4) is 0 Å². The SMILES string of the molecule is CC(O)CNS(=O)(=O)c1ccc(C(=O)NNC(=O)c2ccc(F)cc2)cc1. The lowest BCUT2D eigenvalue weighted by Crippen LogP contribution is -2.41. The number of rotatable bonds is 6. The third-order valence-electron chi connectivity index (χ3n) is 3.39. The first-order chi connectivity index (χ1) is 12.7. The van der Waals surface area contributed by atoms with E-state index in [4.69, 9.17) is 5.11 Å². The molecule has 0 aliphatic carbocycles. The summed E-state index contributed by atoms with van der Waals surface area (Å²) >= 11 is 0. The van der Waals surface area contributed by atoms with Crippen molar-refractivity contribution in [3.63, 3.8) is 0 Å². The molecule has 0 bridgehead atoms. The zero-order valence-electron chi connectivity index (χ0n) is 14.3. The fourth-order valence-corrected chi connectivity index (χ4v) is 3.08. The Hall–Kier alpha value is -2.82. The summed E-state index contributed by atoms with van der Waals surface area (Å²) in [5, 5.41) is 9.15. The summed E-state index contributed by atoms with van der Waals surface area (Å²) in [6, 6.07) is 9.74. The van der Waals surface area contributed by atoms with Gasteiger partial charge in [-0.3, -0.25) is 20.4 Å². The van der Waals surface area contributed by atoms with Crippen LogP contribution in [-0.4, -0.2) is 38.0 Å². The summed E-state index contributed by atoms with van der Waals surface area (Å²) in [5.74, 6) is -1.79. The van der Waals surface area contributed by atoms with Gasteiger partial charge in [0.05, 0.1) is 11.0 Å². The Labute approximate surface area is 155 Å². The van der Waals surface area contributed by atoms with Crippen molar-refractivity contribution in [2.24, 2.45) is 0 Å². The predicted molar refractivity (Wildman–Crippen MR) is 94.6 cm³/mol. The minimum absolute atomic E-state index is 0.0740. The Balaban J connectivity index is 1.97. The molecule has 0 aliphatic heterocycles. The van der Waals surface area contributed by atoms with E-state index in [1.54, 1.807) is 0 Å². The molecule has 0 saturated heterocycles. The van der Waals surface area contributed by atoms with Crippen LogP contribution in [0.2, 0.25) is 0 Å². The Bertz CT molecular complexity index is 913. The van der Waals surface area contributed by atoms with Gasteiger partial charge in [0.25, 0.3) is 11.8 Å². The molecule has 2 rings (SSSR count). The van der Waals surface area contributed by atoms with Gasteiger partial charge in [0, 0.05) is 17.7 Å². The Morgan fingerprint density at radius 1 is 0.963 bits per heavy atom. The molecule has 2 aromatic rings. The molecule has 0 fully saturated rings. The van der Waals surface area contributed by atoms with Crippen LogP contribution in [0.1, 0.15) is 27.6 Å². The number of benzene rings is 2. The van der Waals surface area contributed by atoms with Crippen molar-refractivity contribution >= 4 is 21.8 Å². The zero-order chi connectivity index (χ0) is 20.0. The van der Waals surface area contributed by atoms with Crippen LogP contribution in [0.5, 0.6) is 0 Å². The lowest BCUT2D eigenvalue weighted by Gasteiger charge is -2.10. The Morgan fingerprint density at radius 2 is 1.41 bits per heavy atom. The van der Waals surface area contributed by atoms with Crippen molar-refractivity contribution in [2.45, 2.75) is 17.9 Å². The zero-order valence-corrected chi connectivity index (χ0v) is 15.1. The highest BCUT2D eigenvalue weighted by molar-refractivity contribution is 7.89. The van der Waals surface area contributed by atoms with Gasteiger partial charge in [0.15, 0.2) is 0 Å². The van der Waals surface area contributed by atoms with Gasteiger partial charge in [-0.25, -0.2) is 17.5 Å². The van der Waals surface area contributed by atoms with E-state index >= 15 is 0 Å². The molecule has 10 heteroatoms. The van der Waals surface area contributed by atoms with Crippen molar-refractivity contribution in [3.05, 3.63) is 65.5 Å². The maximum atomic E-state index is 12.8. The molecule has 0 aromatic heterocycles. The van der Waals surface area contributed by atoms with Crippen molar-refractivity contribution < 1.29 is 27.5 Å². The normalized spacial score (nSPS) is 12.3. The molecule has 0 radical (unpaired) electrons. The number of hydrogen-bond donors (Lipinski definition) is 4. The molecule has 0 spiro atoms. The lowest BCUT2D eigenvalue weighted by atomic mass is 10.2. The fourth-order valence-electron chi connectivity index (χ4n) is 1.96. The van der Waals surface area contributed by atoms with E-state index < -0.39 is 33.8 Å². The highest BCUT2D eigenvalue weighted by atomic mass is 32.2. The van der Waals surface area contributed by atoms with E-state index in [2.05, 4.69) is 15.6 Å². The Morgan fingerprint density at radius 3 is 1.85 bits per heavy atom. The molecule has 27 heavy (non-hydrogen) atoms. The fraction of sp³-hybridized carbons (Fsp3) is 0.176. The first kappa shape index (κ1) is 20.5. The molecule has 1 unspecified atom stereocenters. The second kappa shape index (κ2) is 8.71. The van der Waals surface area contributed by atoms with Crippen LogP contribution >= 0.6 is 0 Å². The number of amides is 2. The second-order valence-electron chi connectivity index (χ2n) is 5.64. The first-order valence-electron chi connectivity index (χ1n) is 7.83. The predicted octanol–water partition coefficient (Wildman–Crippen LogP) is 0.560. The number of aliphatic hydroxyl groups is 1. The van der Waals surface area contributed by atoms with Crippen molar-refractivity contribution in [2.75, 3.05) is 6.54 Å². The number of carbonyl (C=O) groups is 2. The van der Waals surface area contributed by atoms with Crippen LogP contribution in [0.25, 0.3) is 0 Å². The summed E-state index contributed by atoms with van der Waals surface area (Å²) < 4.78 is 39.1. The number of hydrogen-bond acceptors (Lipinski definition) is 5. The average molecular weight is 395 g/mol. The highest BCUT2D eigenvalue weighted by Crippen LogP contribution is 2.10. The summed E-state index contributed by atoms with van der Waals surface area (Å²) in [7, 11) is -3.81. The van der Waals surface area contributed by atoms with E-state index in [1.165, 1.54) is 43.3 Å². The number of halogens is 1. The topological polar surface area (TPSA) is 125 Å². The number of hydrazine groups is 1. The number of nitrogens with one attached hydrogen (secondary N) is 3. The lowest BCUT2D eigenvalue weighted by molar-refractivity contribution is 0.0846. The van der Waals surface area contributed by atoms with Gasteiger partial charge in [0.1, 0.15) is 5.82 Å². The van der Waals surface area contributed by atoms with Gasteiger partial charge in [-0.2, -0.15) is 0 Å². The quantitative estimate of drug-likeness (QED) is 0.532. The van der Waals surface area contributed by atoms with Gasteiger partial charge in [0.2, 0.25) is 10.0 Å². The summed E-state index contributed by atoms with van der Waals surface area (Å²) in [5.41, 5.74) is 4.62. The minimum atomic E-state index is -3.81. The molecule has 0 saturated carbocycles. The average Bonchev–Trinajstić information content (AvgIpc) is 2.65. The van der Waals surface area contributed by atoms with Gasteiger partial charge >= 0.3 is 0 Å². The van der Waals surface area contributed by atoms with Gasteiger partial charge < -0.3 is 5.11 Å². The molecule has 8 nitrogen and oxygen atoms in total. The molecular weight excluding hydrogens is 377 g/mol. The second-order valence-corrected chi connectivity index (χ2v) is 7.41. The molecule has 2 amide bonds. The minimum Gasteiger partial charge on any atom is -0.392 e. The maximum Gasteiger partial charge on any atom is 0.269 e. The summed E-state index contributed by atoms with van der Waals surface area (Å²) in [6.07, 6.45) is -0.838. The van der Waals surface area contributed by atoms with Crippen LogP contribution in [0.3, 0.4) is 0 Å². The third kappa shape index (κ3) is 5.84. The standard InChI is InChI=1S/C17H18FN3O5S/c1-11(22)10-19-27(25,26)15-8-4-13(5-9-15)17(24)21-20-16(23)12-2-6-14(18)7-3-12/h2-9,11,19,22H,10H2,1H3,(H,20,23)(H,21,24). The monoisotopic (exact) mass is 395 g/mol. The van der Waals surface area contributed by atoms with Crippen LogP contribution in [0, 0.1) is 5.82 Å². The van der Waals surface area contributed by atoms with Crippen molar-refractivity contribution in [1.29, 1.82) is 0 Å². The van der Waals surface area contributed by atoms with Gasteiger partial charge in [-0.05, 0) is 55.5 Å². The van der Waals surface area contributed by atoms with E-state index in [9.17, 15) is 22.4 Å². The first-order valence-corrected chi connectivity index (χ1v) is 9.31. The van der Waals surface area contributed by atoms with E-state index in [1.807, 2.05) is 0 Å². The molecule has 2 aromatic carbocycles. The smallest absolute Gasteiger partial charge is 0.269 e. The summed E-state index contributed by atoms with van der Waals surface area (Å²) in [4.78, 5) is 23.8. The van der Waals surface area contributed by atoms with Gasteiger partial charge in [-0.1, -0.05) is 0 Å². The molecule has 1 atom stereocenters. The number of sulfonamides is 1. The molecule has 4 N–H and O–H groups in total. The van der Waals surface area contributed by atoms with E-state index in [0.717, 1.165) is 12.1 Å². The highest BCUT2D eigenvalue weighted by Gasteiger charge is 2.16. The van der Waals surface area contributed by atoms with Crippen LogP contribution in [0.15, 0.2) is 53.4 Å². The van der Waals surface area contributed by atoms with Gasteiger partial charge in [-0.15, -0.1) is 0 Å². The molecule has 144 valence electrons. The molecular formula is C17H18FN3O5S. The van der Waals surface area contributed by atoms with E-state index in [0.29, 0.717) is 0 Å². The third-order valence-corrected chi connectivity index (χ3v) is 4.83. The van der Waals surface area contributed by atoms with Crippen LogP contribution in [0.4, 0.5) is 4.39 Å².